The molecule has 0 saturated carbocycles. The molecule has 2 aromatic heterocycles. The van der Waals surface area contributed by atoms with Crippen LogP contribution in [0, 0.1) is 6.92 Å². The van der Waals surface area contributed by atoms with E-state index in [0.29, 0.717) is 35.8 Å². The van der Waals surface area contributed by atoms with Crippen molar-refractivity contribution in [3.8, 4) is 11.5 Å². The van der Waals surface area contributed by atoms with E-state index in [1.54, 1.807) is 6.07 Å². The van der Waals surface area contributed by atoms with E-state index >= 15 is 0 Å². The highest BCUT2D eigenvalue weighted by molar-refractivity contribution is 7.98. The average molecular weight is 552 g/mol. The summed E-state index contributed by atoms with van der Waals surface area (Å²) >= 11 is 1.51. The average Bonchev–Trinajstić information content (AvgIpc) is 3.73. The Labute approximate surface area is 232 Å². The first-order valence-corrected chi connectivity index (χ1v) is 14.4. The first kappa shape index (κ1) is 26.0. The smallest absolute Gasteiger partial charge is 0.287 e. The molecule has 11 heteroatoms. The molecule has 1 atom stereocenters. The molecule has 0 aliphatic carbocycles. The summed E-state index contributed by atoms with van der Waals surface area (Å²) in [5, 5.41) is 3.60. The molecule has 3 aliphatic rings. The number of thioether (sulfide) groups is 1. The van der Waals surface area contributed by atoms with Gasteiger partial charge in [-0.15, -0.1) is 0 Å². The molecule has 1 amide bonds. The number of amides is 1. The Bertz CT molecular complexity index is 1300. The number of piperazine rings is 1. The molecule has 5 heterocycles. The van der Waals surface area contributed by atoms with Gasteiger partial charge < -0.3 is 28.8 Å². The number of rotatable bonds is 9. The minimum Gasteiger partial charge on any atom is -0.455 e. The second-order valence-corrected chi connectivity index (χ2v) is 10.9. The molecule has 0 bridgehead atoms. The van der Waals surface area contributed by atoms with Crippen LogP contribution in [0.2, 0.25) is 0 Å². The minimum absolute atomic E-state index is 0.102. The van der Waals surface area contributed by atoms with Crippen molar-refractivity contribution < 1.29 is 23.4 Å². The fourth-order valence-electron chi connectivity index (χ4n) is 5.00. The van der Waals surface area contributed by atoms with Gasteiger partial charge in [0.15, 0.2) is 22.4 Å². The van der Waals surface area contributed by atoms with Gasteiger partial charge in [0.25, 0.3) is 5.91 Å². The van der Waals surface area contributed by atoms with Crippen molar-refractivity contribution in [2.75, 3.05) is 51.0 Å². The fourth-order valence-corrected chi connectivity index (χ4v) is 5.79. The number of nitrogens with one attached hydrogen (secondary N) is 1. The number of hydrogen-bond acceptors (Lipinski definition) is 10. The van der Waals surface area contributed by atoms with E-state index in [-0.39, 0.29) is 12.0 Å². The molecule has 1 N–H and O–H groups in total. The lowest BCUT2D eigenvalue weighted by molar-refractivity contribution is 0.0834. The van der Waals surface area contributed by atoms with Crippen molar-refractivity contribution >= 4 is 23.5 Å². The number of hydrogen-bond donors (Lipinski definition) is 1. The number of ether oxygens (including phenoxy) is 3. The Morgan fingerprint density at radius 1 is 1.08 bits per heavy atom. The van der Waals surface area contributed by atoms with E-state index in [0.717, 1.165) is 75.2 Å². The van der Waals surface area contributed by atoms with Crippen molar-refractivity contribution in [3.05, 3.63) is 59.2 Å². The van der Waals surface area contributed by atoms with Gasteiger partial charge in [0.05, 0.1) is 11.9 Å². The first-order valence-electron chi connectivity index (χ1n) is 13.4. The zero-order valence-electron chi connectivity index (χ0n) is 22.1. The number of aryl methyl sites for hydroxylation is 1. The fraction of sp³-hybridized carbons (Fsp3) is 0.464. The van der Waals surface area contributed by atoms with Gasteiger partial charge in [-0.25, -0.2) is 9.97 Å². The number of aromatic nitrogens is 2. The molecule has 206 valence electrons. The van der Waals surface area contributed by atoms with Crippen LogP contribution in [-0.4, -0.2) is 73.0 Å². The number of benzene rings is 1. The summed E-state index contributed by atoms with van der Waals surface area (Å²) < 4.78 is 22.3. The van der Waals surface area contributed by atoms with Crippen LogP contribution in [0.5, 0.6) is 11.5 Å². The third-order valence-corrected chi connectivity index (χ3v) is 7.97. The molecular formula is C28H33N5O5S. The van der Waals surface area contributed by atoms with Gasteiger partial charge in [0.1, 0.15) is 11.6 Å². The lowest BCUT2D eigenvalue weighted by Crippen LogP contribution is -2.46. The number of anilines is 1. The molecule has 0 radical (unpaired) electrons. The van der Waals surface area contributed by atoms with Gasteiger partial charge in [0.2, 0.25) is 6.79 Å². The standard InChI is InChI=1S/C28H33N5O5S/c1-19-13-26(33-10-8-32(9-11-33)16-20-4-6-23-25(14-20)37-18-36-23)31-28(30-19)39-17-22-5-7-24(38-22)27(34)29-15-21-3-2-12-35-21/h4-7,13-14,21H,2-3,8-12,15-18H2,1H3,(H,29,34)/t21-/m1/s1. The molecule has 39 heavy (non-hydrogen) atoms. The number of furan rings is 1. The maximum Gasteiger partial charge on any atom is 0.287 e. The summed E-state index contributed by atoms with van der Waals surface area (Å²) in [5.74, 6) is 3.95. The highest BCUT2D eigenvalue weighted by atomic mass is 32.2. The molecule has 0 spiro atoms. The highest BCUT2D eigenvalue weighted by Crippen LogP contribution is 2.33. The van der Waals surface area contributed by atoms with E-state index in [1.807, 2.05) is 25.1 Å². The van der Waals surface area contributed by atoms with Crippen molar-refractivity contribution in [2.24, 2.45) is 0 Å². The number of carbonyl (C=O) groups is 1. The van der Waals surface area contributed by atoms with Crippen LogP contribution >= 0.6 is 11.8 Å². The summed E-state index contributed by atoms with van der Waals surface area (Å²) in [7, 11) is 0. The van der Waals surface area contributed by atoms with Crippen molar-refractivity contribution in [3.63, 3.8) is 0 Å². The summed E-state index contributed by atoms with van der Waals surface area (Å²) in [6.07, 6.45) is 2.13. The topological polar surface area (TPSA) is 102 Å². The normalized spacial score (nSPS) is 19.0. The van der Waals surface area contributed by atoms with Crippen LogP contribution in [0.25, 0.3) is 0 Å². The molecule has 2 fully saturated rings. The second-order valence-electron chi connectivity index (χ2n) is 10.0. The van der Waals surface area contributed by atoms with E-state index < -0.39 is 0 Å². The van der Waals surface area contributed by atoms with Crippen molar-refractivity contribution in [2.45, 2.75) is 43.3 Å². The zero-order valence-corrected chi connectivity index (χ0v) is 22.9. The molecule has 6 rings (SSSR count). The van der Waals surface area contributed by atoms with Gasteiger partial charge in [-0.2, -0.15) is 0 Å². The quantitative estimate of drug-likeness (QED) is 0.313. The molecular weight excluding hydrogens is 518 g/mol. The Morgan fingerprint density at radius 3 is 2.79 bits per heavy atom. The molecule has 2 saturated heterocycles. The van der Waals surface area contributed by atoms with Crippen LogP contribution < -0.4 is 19.7 Å². The van der Waals surface area contributed by atoms with Crippen LogP contribution in [0.15, 0.2) is 46.0 Å². The van der Waals surface area contributed by atoms with E-state index in [4.69, 9.17) is 23.6 Å². The third-order valence-electron chi connectivity index (χ3n) is 7.10. The Hall–Kier alpha value is -3.28. The van der Waals surface area contributed by atoms with Gasteiger partial charge in [-0.1, -0.05) is 17.8 Å². The number of carbonyl (C=O) groups excluding carboxylic acids is 1. The van der Waals surface area contributed by atoms with E-state index in [9.17, 15) is 4.79 Å². The molecule has 3 aromatic rings. The second kappa shape index (κ2) is 11.8. The third kappa shape index (κ3) is 6.48. The van der Waals surface area contributed by atoms with Crippen molar-refractivity contribution in [1.29, 1.82) is 0 Å². The van der Waals surface area contributed by atoms with Crippen molar-refractivity contribution in [1.82, 2.24) is 20.2 Å². The summed E-state index contributed by atoms with van der Waals surface area (Å²) in [6.45, 7) is 8.14. The zero-order chi connectivity index (χ0) is 26.6. The minimum atomic E-state index is -0.214. The van der Waals surface area contributed by atoms with E-state index in [2.05, 4.69) is 32.2 Å². The maximum atomic E-state index is 12.4. The Morgan fingerprint density at radius 2 is 1.95 bits per heavy atom. The first-order chi connectivity index (χ1) is 19.1. The van der Waals surface area contributed by atoms with Crippen LogP contribution in [0.3, 0.4) is 0 Å². The van der Waals surface area contributed by atoms with E-state index in [1.165, 1.54) is 17.3 Å². The summed E-state index contributed by atoms with van der Waals surface area (Å²) in [4.78, 5) is 26.6. The van der Waals surface area contributed by atoms with Crippen LogP contribution in [0.1, 0.15) is 40.4 Å². The van der Waals surface area contributed by atoms with Gasteiger partial charge in [0, 0.05) is 57.6 Å². The molecule has 1 aromatic carbocycles. The number of nitrogens with zero attached hydrogens (tertiary/aromatic N) is 4. The lowest BCUT2D eigenvalue weighted by atomic mass is 10.1. The Kier molecular flexibility index (Phi) is 7.89. The van der Waals surface area contributed by atoms with Gasteiger partial charge in [-0.05, 0) is 49.6 Å². The predicted octanol–water partition coefficient (Wildman–Crippen LogP) is 3.63. The molecule has 10 nitrogen and oxygen atoms in total. The van der Waals surface area contributed by atoms with Crippen LogP contribution in [0.4, 0.5) is 5.82 Å². The summed E-state index contributed by atoms with van der Waals surface area (Å²) in [5.41, 5.74) is 2.16. The largest absolute Gasteiger partial charge is 0.455 e. The SMILES string of the molecule is Cc1cc(N2CCN(Cc3ccc4c(c3)OCO4)CC2)nc(SCc2ccc(C(=O)NC[C@H]3CCCO3)o2)n1. The summed E-state index contributed by atoms with van der Waals surface area (Å²) in [6, 6.07) is 11.8. The molecule has 0 unspecified atom stereocenters. The monoisotopic (exact) mass is 551 g/mol. The van der Waals surface area contributed by atoms with Gasteiger partial charge >= 0.3 is 0 Å². The van der Waals surface area contributed by atoms with Crippen LogP contribution in [-0.2, 0) is 17.0 Å². The lowest BCUT2D eigenvalue weighted by Gasteiger charge is -2.35. The van der Waals surface area contributed by atoms with Gasteiger partial charge in [-0.3, -0.25) is 9.69 Å². The predicted molar refractivity (Wildman–Crippen MR) is 146 cm³/mol. The molecule has 3 aliphatic heterocycles. The maximum absolute atomic E-state index is 12.4. The number of fused-ring (bicyclic) bond motifs is 1. The Balaban J connectivity index is 0.998. The highest BCUT2D eigenvalue weighted by Gasteiger charge is 2.21.